The van der Waals surface area contributed by atoms with Crippen molar-refractivity contribution in [3.63, 3.8) is 0 Å². The molecule has 0 fully saturated rings. The zero-order valence-electron chi connectivity index (χ0n) is 18.8. The van der Waals surface area contributed by atoms with Crippen molar-refractivity contribution in [1.82, 2.24) is 16.0 Å². The second-order valence-corrected chi connectivity index (χ2v) is 8.74. The number of aliphatic carboxylic acids is 1. The van der Waals surface area contributed by atoms with Gasteiger partial charge in [-0.1, -0.05) is 13.8 Å². The first-order valence-corrected chi connectivity index (χ1v) is 11.6. The summed E-state index contributed by atoms with van der Waals surface area (Å²) in [7, 11) is 0. The molecule has 0 saturated carbocycles. The molecule has 0 bridgehead atoms. The Balaban J connectivity index is 5.27. The lowest BCUT2D eigenvalue weighted by atomic mass is 10.0. The highest BCUT2D eigenvalue weighted by Gasteiger charge is 2.33. The maximum Gasteiger partial charge on any atom is 0.326 e. The van der Waals surface area contributed by atoms with E-state index in [1.54, 1.807) is 20.1 Å². The van der Waals surface area contributed by atoms with Gasteiger partial charge in [0.05, 0.1) is 12.1 Å². The Morgan fingerprint density at radius 1 is 0.906 bits per heavy atom. The molecule has 0 aromatic heterocycles. The number of primary amides is 1. The molecule has 0 aromatic carbocycles. The van der Waals surface area contributed by atoms with Gasteiger partial charge in [-0.15, -0.1) is 0 Å². The van der Waals surface area contributed by atoms with Gasteiger partial charge < -0.3 is 37.6 Å². The van der Waals surface area contributed by atoms with Gasteiger partial charge in [-0.05, 0) is 37.7 Å². The number of carbonyl (C=O) groups is 5. The summed E-state index contributed by atoms with van der Waals surface area (Å²) < 4.78 is 0. The summed E-state index contributed by atoms with van der Waals surface area (Å²) in [4.78, 5) is 59.8. The lowest BCUT2D eigenvalue weighted by Crippen LogP contribution is -2.60. The number of rotatable bonds is 15. The zero-order chi connectivity index (χ0) is 25.0. The van der Waals surface area contributed by atoms with Crippen LogP contribution in [0.25, 0.3) is 0 Å². The SMILES string of the molecule is CSCCC(NC(=O)C(NC(=O)C(NC(=O)C(N)CCC(N)=O)C(C)C)C(C)O)C(=O)O. The number of carboxylic acid groups (broad SMARTS) is 1. The van der Waals surface area contributed by atoms with Crippen molar-refractivity contribution in [3.8, 4) is 0 Å². The molecule has 4 amide bonds. The number of amides is 4. The van der Waals surface area contributed by atoms with Crippen LogP contribution in [0.2, 0.25) is 0 Å². The highest BCUT2D eigenvalue weighted by Crippen LogP contribution is 2.07. The second kappa shape index (κ2) is 14.6. The molecular formula is C19H35N5O7S. The monoisotopic (exact) mass is 477 g/mol. The minimum atomic E-state index is -1.44. The Morgan fingerprint density at radius 3 is 1.88 bits per heavy atom. The summed E-state index contributed by atoms with van der Waals surface area (Å²) in [6, 6.07) is -4.79. The number of nitrogens with one attached hydrogen (secondary N) is 3. The van der Waals surface area contributed by atoms with Gasteiger partial charge >= 0.3 is 5.97 Å². The minimum absolute atomic E-state index is 0.00106. The van der Waals surface area contributed by atoms with Crippen LogP contribution in [-0.4, -0.2) is 82.1 Å². The molecule has 12 nitrogen and oxygen atoms in total. The molecule has 13 heteroatoms. The molecular weight excluding hydrogens is 442 g/mol. The molecule has 0 heterocycles. The Kier molecular flexibility index (Phi) is 13.5. The fourth-order valence-corrected chi connectivity index (χ4v) is 3.10. The van der Waals surface area contributed by atoms with Crippen LogP contribution >= 0.6 is 11.8 Å². The van der Waals surface area contributed by atoms with Crippen LogP contribution < -0.4 is 27.4 Å². The van der Waals surface area contributed by atoms with Gasteiger partial charge in [-0.3, -0.25) is 19.2 Å². The fourth-order valence-electron chi connectivity index (χ4n) is 2.63. The van der Waals surface area contributed by atoms with Gasteiger partial charge in [-0.2, -0.15) is 11.8 Å². The third kappa shape index (κ3) is 10.8. The van der Waals surface area contributed by atoms with Crippen molar-refractivity contribution in [2.75, 3.05) is 12.0 Å². The molecule has 0 rings (SSSR count). The average molecular weight is 478 g/mol. The molecule has 0 aromatic rings. The van der Waals surface area contributed by atoms with Crippen molar-refractivity contribution in [2.45, 2.75) is 70.3 Å². The Bertz CT molecular complexity index is 674. The number of hydrogen-bond acceptors (Lipinski definition) is 8. The van der Waals surface area contributed by atoms with E-state index in [1.807, 2.05) is 0 Å². The first-order valence-electron chi connectivity index (χ1n) is 10.2. The number of nitrogens with two attached hydrogens (primary N) is 2. The molecule has 0 aliphatic carbocycles. The van der Waals surface area contributed by atoms with Gasteiger partial charge in [-0.25, -0.2) is 4.79 Å². The predicted molar refractivity (Wildman–Crippen MR) is 119 cm³/mol. The molecule has 9 N–H and O–H groups in total. The van der Waals surface area contributed by atoms with Crippen molar-refractivity contribution in [1.29, 1.82) is 0 Å². The first kappa shape index (κ1) is 29.6. The highest BCUT2D eigenvalue weighted by molar-refractivity contribution is 7.98. The first-order chi connectivity index (χ1) is 14.8. The molecule has 0 radical (unpaired) electrons. The lowest BCUT2D eigenvalue weighted by Gasteiger charge is -2.28. The number of carbonyl (C=O) groups excluding carboxylic acids is 4. The molecule has 5 atom stereocenters. The summed E-state index contributed by atoms with van der Waals surface area (Å²) in [5, 5.41) is 26.4. The molecule has 32 heavy (non-hydrogen) atoms. The summed E-state index contributed by atoms with van der Waals surface area (Å²) in [6.07, 6.45) is 0.517. The minimum Gasteiger partial charge on any atom is -0.480 e. The van der Waals surface area contributed by atoms with Crippen LogP contribution in [-0.2, 0) is 24.0 Å². The van der Waals surface area contributed by atoms with Gasteiger partial charge in [0.2, 0.25) is 23.6 Å². The topological polar surface area (TPSA) is 214 Å². The maximum absolute atomic E-state index is 12.8. The summed E-state index contributed by atoms with van der Waals surface area (Å²) in [5.41, 5.74) is 10.8. The van der Waals surface area contributed by atoms with Crippen molar-refractivity contribution in [2.24, 2.45) is 17.4 Å². The molecule has 0 aliphatic rings. The molecule has 5 unspecified atom stereocenters. The van der Waals surface area contributed by atoms with E-state index in [4.69, 9.17) is 11.5 Å². The molecule has 0 saturated heterocycles. The summed E-state index contributed by atoms with van der Waals surface area (Å²) >= 11 is 1.41. The normalized spacial score (nSPS) is 15.7. The quantitative estimate of drug-likeness (QED) is 0.137. The van der Waals surface area contributed by atoms with E-state index in [0.29, 0.717) is 5.75 Å². The maximum atomic E-state index is 12.8. The van der Waals surface area contributed by atoms with Crippen LogP contribution in [0.5, 0.6) is 0 Å². The number of aliphatic hydroxyl groups excluding tert-OH is 1. The zero-order valence-corrected chi connectivity index (χ0v) is 19.6. The smallest absolute Gasteiger partial charge is 0.326 e. The average Bonchev–Trinajstić information content (AvgIpc) is 2.69. The van der Waals surface area contributed by atoms with Gasteiger partial charge in [0.25, 0.3) is 0 Å². The van der Waals surface area contributed by atoms with E-state index < -0.39 is 65.8 Å². The molecule has 0 aliphatic heterocycles. The van der Waals surface area contributed by atoms with Crippen LogP contribution in [0.1, 0.15) is 40.0 Å². The number of hydrogen-bond donors (Lipinski definition) is 7. The fraction of sp³-hybridized carbons (Fsp3) is 0.737. The van der Waals surface area contributed by atoms with E-state index in [1.165, 1.54) is 18.7 Å². The van der Waals surface area contributed by atoms with Gasteiger partial charge in [0.15, 0.2) is 0 Å². The van der Waals surface area contributed by atoms with E-state index in [-0.39, 0.29) is 19.3 Å². The third-order valence-corrected chi connectivity index (χ3v) is 5.22. The van der Waals surface area contributed by atoms with E-state index in [0.717, 1.165) is 0 Å². The number of aliphatic hydroxyl groups is 1. The van der Waals surface area contributed by atoms with Crippen LogP contribution in [0, 0.1) is 5.92 Å². The summed E-state index contributed by atoms with van der Waals surface area (Å²) in [5.74, 6) is -4.08. The van der Waals surface area contributed by atoms with Crippen LogP contribution in [0.15, 0.2) is 0 Å². The van der Waals surface area contributed by atoms with E-state index in [2.05, 4.69) is 16.0 Å². The standard InChI is InChI=1S/C19H35N5O7S/c1-9(2)14(23-16(27)11(20)5-6-13(21)26)17(28)24-15(10(3)25)18(29)22-12(19(30)31)7-8-32-4/h9-12,14-15,25H,5-8,20H2,1-4H3,(H2,21,26)(H,22,29)(H,23,27)(H,24,28)(H,30,31). The highest BCUT2D eigenvalue weighted by atomic mass is 32.2. The van der Waals surface area contributed by atoms with E-state index in [9.17, 15) is 34.2 Å². The van der Waals surface area contributed by atoms with Crippen LogP contribution in [0.3, 0.4) is 0 Å². The number of carboxylic acids is 1. The predicted octanol–water partition coefficient (Wildman–Crippen LogP) is -2.09. The second-order valence-electron chi connectivity index (χ2n) is 7.75. The Morgan fingerprint density at radius 2 is 1.44 bits per heavy atom. The molecule has 0 spiro atoms. The van der Waals surface area contributed by atoms with Crippen molar-refractivity contribution in [3.05, 3.63) is 0 Å². The van der Waals surface area contributed by atoms with Crippen molar-refractivity contribution >= 4 is 41.4 Å². The van der Waals surface area contributed by atoms with Crippen molar-refractivity contribution < 1.29 is 34.2 Å². The van der Waals surface area contributed by atoms with Gasteiger partial charge in [0.1, 0.15) is 18.1 Å². The summed E-state index contributed by atoms with van der Waals surface area (Å²) in [6.45, 7) is 4.57. The van der Waals surface area contributed by atoms with Gasteiger partial charge in [0, 0.05) is 6.42 Å². The third-order valence-electron chi connectivity index (χ3n) is 4.57. The Labute approximate surface area is 191 Å². The van der Waals surface area contributed by atoms with Crippen LogP contribution in [0.4, 0.5) is 0 Å². The Hall–Kier alpha value is -2.38. The molecule has 184 valence electrons. The number of thioether (sulfide) groups is 1. The lowest BCUT2D eigenvalue weighted by molar-refractivity contribution is -0.143. The van der Waals surface area contributed by atoms with E-state index >= 15 is 0 Å². The largest absolute Gasteiger partial charge is 0.480 e.